The Morgan fingerprint density at radius 3 is 2.45 bits per heavy atom. The minimum atomic E-state index is -0.226. The lowest BCUT2D eigenvalue weighted by molar-refractivity contribution is -0.118. The molecule has 0 aliphatic carbocycles. The Kier molecular flexibility index (Phi) is 7.03. The third-order valence-corrected chi connectivity index (χ3v) is 5.65. The van der Waals surface area contributed by atoms with Gasteiger partial charge in [0.2, 0.25) is 5.91 Å². The molecule has 0 atom stereocenters. The number of benzene rings is 3. The van der Waals surface area contributed by atoms with Gasteiger partial charge in [-0.15, -0.1) is 0 Å². The normalized spacial score (nSPS) is 10.5. The summed E-state index contributed by atoms with van der Waals surface area (Å²) in [4.78, 5) is 30.1. The number of ether oxygens (including phenoxy) is 1. The second-order valence-electron chi connectivity index (χ2n) is 7.01. The zero-order chi connectivity index (χ0) is 23.0. The molecule has 164 valence electrons. The summed E-state index contributed by atoms with van der Waals surface area (Å²) in [5, 5.41) is 12.2. The summed E-state index contributed by atoms with van der Waals surface area (Å²) >= 11 is 1.17. The molecule has 0 aliphatic rings. The maximum atomic E-state index is 13.3. The highest BCUT2D eigenvalue weighted by Crippen LogP contribution is 2.25. The molecule has 7 nitrogen and oxygen atoms in total. The van der Waals surface area contributed by atoms with Crippen LogP contribution in [0.3, 0.4) is 0 Å². The minimum absolute atomic E-state index is 0.0748. The zero-order valence-electron chi connectivity index (χ0n) is 17.6. The fourth-order valence-corrected chi connectivity index (χ4v) is 4.01. The molecule has 1 N–H and O–H groups in total. The van der Waals surface area contributed by atoms with Gasteiger partial charge in [-0.3, -0.25) is 14.2 Å². The van der Waals surface area contributed by atoms with Gasteiger partial charge in [-0.2, -0.15) is 5.26 Å². The van der Waals surface area contributed by atoms with Gasteiger partial charge in [-0.25, -0.2) is 4.98 Å². The maximum Gasteiger partial charge on any atom is 0.266 e. The summed E-state index contributed by atoms with van der Waals surface area (Å²) in [5.41, 5.74) is 0.964. The largest absolute Gasteiger partial charge is 0.457 e. The number of nitrogens with one attached hydrogen (secondary N) is 1. The first-order valence-corrected chi connectivity index (χ1v) is 11.3. The third-order valence-electron chi connectivity index (χ3n) is 4.71. The van der Waals surface area contributed by atoms with E-state index in [4.69, 9.17) is 10.00 Å². The SMILES string of the molecule is N#CCCNC(=O)CSc1nc2ccccc2c(=O)n1-c1ccc(Oc2ccccc2)cc1. The summed E-state index contributed by atoms with van der Waals surface area (Å²) in [7, 11) is 0. The number of aromatic nitrogens is 2. The van der Waals surface area contributed by atoms with Crippen molar-refractivity contribution >= 4 is 28.6 Å². The number of hydrogen-bond acceptors (Lipinski definition) is 6. The smallest absolute Gasteiger partial charge is 0.266 e. The second-order valence-corrected chi connectivity index (χ2v) is 7.95. The minimum Gasteiger partial charge on any atom is -0.457 e. The Hall–Kier alpha value is -4.09. The Bertz CT molecular complexity index is 1360. The zero-order valence-corrected chi connectivity index (χ0v) is 18.4. The molecule has 33 heavy (non-hydrogen) atoms. The average molecular weight is 457 g/mol. The molecule has 1 heterocycles. The topological polar surface area (TPSA) is 97.0 Å². The average Bonchev–Trinajstić information content (AvgIpc) is 2.84. The van der Waals surface area contributed by atoms with E-state index in [1.165, 1.54) is 16.3 Å². The molecular weight excluding hydrogens is 436 g/mol. The number of carbonyl (C=O) groups excluding carboxylic acids is 1. The number of carbonyl (C=O) groups is 1. The molecule has 3 aromatic carbocycles. The van der Waals surface area contributed by atoms with Gasteiger partial charge in [0.15, 0.2) is 5.16 Å². The van der Waals surface area contributed by atoms with Crippen LogP contribution in [-0.2, 0) is 4.79 Å². The van der Waals surface area contributed by atoms with Crippen LogP contribution in [0.15, 0.2) is 88.8 Å². The van der Waals surface area contributed by atoms with Gasteiger partial charge in [-0.1, -0.05) is 42.1 Å². The molecule has 0 fully saturated rings. The molecular formula is C25H20N4O3S. The highest BCUT2D eigenvalue weighted by atomic mass is 32.2. The molecule has 0 unspecified atom stereocenters. The van der Waals surface area contributed by atoms with Crippen molar-refractivity contribution in [2.24, 2.45) is 0 Å². The van der Waals surface area contributed by atoms with Gasteiger partial charge in [-0.05, 0) is 48.5 Å². The molecule has 0 aliphatic heterocycles. The van der Waals surface area contributed by atoms with Crippen molar-refractivity contribution in [2.75, 3.05) is 12.3 Å². The molecule has 4 aromatic rings. The van der Waals surface area contributed by atoms with E-state index in [0.717, 1.165) is 0 Å². The lowest BCUT2D eigenvalue weighted by atomic mass is 10.2. The van der Waals surface area contributed by atoms with Crippen molar-refractivity contribution < 1.29 is 9.53 Å². The van der Waals surface area contributed by atoms with E-state index in [0.29, 0.717) is 33.2 Å². The van der Waals surface area contributed by atoms with E-state index in [1.54, 1.807) is 42.5 Å². The van der Waals surface area contributed by atoms with E-state index in [-0.39, 0.29) is 30.2 Å². The molecule has 0 saturated carbocycles. The molecule has 0 saturated heterocycles. The fraction of sp³-hybridized carbons (Fsp3) is 0.120. The molecule has 1 amide bonds. The van der Waals surface area contributed by atoms with Crippen LogP contribution in [0.2, 0.25) is 0 Å². The number of hydrogen-bond donors (Lipinski definition) is 1. The van der Waals surface area contributed by atoms with Gasteiger partial charge in [0.05, 0.1) is 34.8 Å². The van der Waals surface area contributed by atoms with Crippen molar-refractivity contribution in [3.05, 3.63) is 89.2 Å². The van der Waals surface area contributed by atoms with Crippen LogP contribution in [0.5, 0.6) is 11.5 Å². The number of rotatable bonds is 8. The van der Waals surface area contributed by atoms with Crippen LogP contribution >= 0.6 is 11.8 Å². The molecule has 0 spiro atoms. The molecule has 0 radical (unpaired) electrons. The number of nitriles is 1. The highest BCUT2D eigenvalue weighted by Gasteiger charge is 2.15. The van der Waals surface area contributed by atoms with Crippen molar-refractivity contribution in [3.63, 3.8) is 0 Å². The van der Waals surface area contributed by atoms with Crippen LogP contribution in [0.25, 0.3) is 16.6 Å². The number of fused-ring (bicyclic) bond motifs is 1. The molecule has 4 rings (SSSR count). The Labute approximate surface area is 194 Å². The van der Waals surface area contributed by atoms with E-state index in [9.17, 15) is 9.59 Å². The summed E-state index contributed by atoms with van der Waals surface area (Å²) in [5.74, 6) is 1.20. The molecule has 0 bridgehead atoms. The van der Waals surface area contributed by atoms with Crippen LogP contribution < -0.4 is 15.6 Å². The fourth-order valence-electron chi connectivity index (χ4n) is 3.16. The van der Waals surface area contributed by atoms with E-state index in [1.807, 2.05) is 42.5 Å². The van der Waals surface area contributed by atoms with E-state index < -0.39 is 0 Å². The summed E-state index contributed by atoms with van der Waals surface area (Å²) < 4.78 is 7.34. The highest BCUT2D eigenvalue weighted by molar-refractivity contribution is 7.99. The molecule has 1 aromatic heterocycles. The lowest BCUT2D eigenvalue weighted by Gasteiger charge is -2.14. The van der Waals surface area contributed by atoms with Crippen LogP contribution in [0, 0.1) is 11.3 Å². The van der Waals surface area contributed by atoms with Gasteiger partial charge in [0.25, 0.3) is 5.56 Å². The van der Waals surface area contributed by atoms with E-state index >= 15 is 0 Å². The molecule has 8 heteroatoms. The van der Waals surface area contributed by atoms with Gasteiger partial charge >= 0.3 is 0 Å². The van der Waals surface area contributed by atoms with Crippen molar-refractivity contribution in [2.45, 2.75) is 11.6 Å². The first kappa shape index (κ1) is 22.1. The Morgan fingerprint density at radius 2 is 1.70 bits per heavy atom. The van der Waals surface area contributed by atoms with Gasteiger partial charge in [0, 0.05) is 6.54 Å². The third kappa shape index (κ3) is 5.40. The summed E-state index contributed by atoms with van der Waals surface area (Å²) in [6, 6.07) is 25.7. The van der Waals surface area contributed by atoms with Gasteiger partial charge in [0.1, 0.15) is 11.5 Å². The summed E-state index contributed by atoms with van der Waals surface area (Å²) in [6.07, 6.45) is 0.243. The maximum absolute atomic E-state index is 13.3. The standard InChI is InChI=1S/C25H20N4O3S/c26-15-6-16-27-23(30)17-33-25-28-22-10-5-4-9-21(22)24(31)29(25)18-11-13-20(14-12-18)32-19-7-2-1-3-8-19/h1-5,7-14H,6,16-17H2,(H,27,30). The van der Waals surface area contributed by atoms with Crippen LogP contribution in [0.4, 0.5) is 0 Å². The number of nitrogens with zero attached hydrogens (tertiary/aromatic N) is 3. The Balaban J connectivity index is 1.64. The first-order valence-electron chi connectivity index (χ1n) is 10.3. The predicted molar refractivity (Wildman–Crippen MR) is 128 cm³/mol. The number of para-hydroxylation sites is 2. The van der Waals surface area contributed by atoms with Crippen molar-refractivity contribution in [1.29, 1.82) is 5.26 Å². The number of thioether (sulfide) groups is 1. The lowest BCUT2D eigenvalue weighted by Crippen LogP contribution is -2.27. The number of amides is 1. The summed E-state index contributed by atoms with van der Waals surface area (Å²) in [6.45, 7) is 0.288. The quantitative estimate of drug-likeness (QED) is 0.241. The van der Waals surface area contributed by atoms with Gasteiger partial charge < -0.3 is 10.1 Å². The van der Waals surface area contributed by atoms with Crippen LogP contribution in [0.1, 0.15) is 6.42 Å². The monoisotopic (exact) mass is 456 g/mol. The second kappa shape index (κ2) is 10.5. The van der Waals surface area contributed by atoms with Crippen molar-refractivity contribution in [3.8, 4) is 23.3 Å². The van der Waals surface area contributed by atoms with Crippen molar-refractivity contribution in [1.82, 2.24) is 14.9 Å². The first-order chi connectivity index (χ1) is 16.2. The predicted octanol–water partition coefficient (Wildman–Crippen LogP) is 4.30. The Morgan fingerprint density at radius 1 is 1.00 bits per heavy atom. The van der Waals surface area contributed by atoms with Crippen LogP contribution in [-0.4, -0.2) is 27.8 Å². The van der Waals surface area contributed by atoms with E-state index in [2.05, 4.69) is 10.3 Å².